The third-order valence-corrected chi connectivity index (χ3v) is 5.67. The Balaban J connectivity index is 1.31. The van der Waals surface area contributed by atoms with Crippen LogP contribution in [0.25, 0.3) is 10.9 Å². The third-order valence-electron chi connectivity index (χ3n) is 5.34. The number of piperazine rings is 1. The lowest BCUT2D eigenvalue weighted by atomic mass is 10.2. The van der Waals surface area contributed by atoms with Crippen LogP contribution >= 0.6 is 11.6 Å². The van der Waals surface area contributed by atoms with Crippen LogP contribution in [-0.4, -0.2) is 59.3 Å². The number of halogens is 4. The lowest BCUT2D eigenvalue weighted by Crippen LogP contribution is -2.50. The standard InChI is InChI=1S/C22H20ClF3N4O2/c23-17-6-5-15(12-16(17)22(24,25)26)27-20(31)13-29-7-9-30(10-8-29)21(32)19-11-14-3-1-2-4-18(14)28-19/h1-6,11-12,28H,7-10,13H2,(H,27,31). The number of nitrogens with zero attached hydrogens (tertiary/aromatic N) is 2. The molecule has 1 aliphatic heterocycles. The van der Waals surface area contributed by atoms with Gasteiger partial charge in [0.1, 0.15) is 5.69 Å². The van der Waals surface area contributed by atoms with Crippen LogP contribution in [0.15, 0.2) is 48.5 Å². The number of para-hydroxylation sites is 1. The Labute approximate surface area is 186 Å². The molecule has 2 aromatic carbocycles. The highest BCUT2D eigenvalue weighted by molar-refractivity contribution is 6.31. The summed E-state index contributed by atoms with van der Waals surface area (Å²) >= 11 is 5.60. The molecule has 2 heterocycles. The van der Waals surface area contributed by atoms with Gasteiger partial charge in [-0.25, -0.2) is 0 Å². The number of rotatable bonds is 4. The van der Waals surface area contributed by atoms with Crippen molar-refractivity contribution < 1.29 is 22.8 Å². The van der Waals surface area contributed by atoms with Gasteiger partial charge in [0, 0.05) is 42.8 Å². The van der Waals surface area contributed by atoms with E-state index in [1.54, 1.807) is 4.90 Å². The minimum atomic E-state index is -4.61. The maximum absolute atomic E-state index is 13.0. The number of H-pyrrole nitrogens is 1. The summed E-state index contributed by atoms with van der Waals surface area (Å²) in [6, 6.07) is 12.7. The quantitative estimate of drug-likeness (QED) is 0.607. The topological polar surface area (TPSA) is 68.4 Å². The summed E-state index contributed by atoms with van der Waals surface area (Å²) in [7, 11) is 0. The molecule has 32 heavy (non-hydrogen) atoms. The Morgan fingerprint density at radius 3 is 2.44 bits per heavy atom. The molecule has 10 heteroatoms. The van der Waals surface area contributed by atoms with E-state index in [1.165, 1.54) is 6.07 Å². The largest absolute Gasteiger partial charge is 0.417 e. The first-order valence-corrected chi connectivity index (χ1v) is 10.3. The first kappa shape index (κ1) is 22.2. The number of aromatic amines is 1. The van der Waals surface area contributed by atoms with E-state index in [0.29, 0.717) is 31.9 Å². The van der Waals surface area contributed by atoms with Gasteiger partial charge in [-0.1, -0.05) is 29.8 Å². The van der Waals surface area contributed by atoms with Crippen molar-refractivity contribution in [2.45, 2.75) is 6.18 Å². The number of hydrogen-bond acceptors (Lipinski definition) is 3. The second-order valence-corrected chi connectivity index (χ2v) is 7.99. The van der Waals surface area contributed by atoms with E-state index in [2.05, 4.69) is 10.3 Å². The number of aromatic nitrogens is 1. The van der Waals surface area contributed by atoms with Gasteiger partial charge in [0.15, 0.2) is 0 Å². The van der Waals surface area contributed by atoms with E-state index in [-0.39, 0.29) is 18.1 Å². The van der Waals surface area contributed by atoms with E-state index in [4.69, 9.17) is 11.6 Å². The Morgan fingerprint density at radius 2 is 1.75 bits per heavy atom. The molecule has 2 N–H and O–H groups in total. The molecule has 0 spiro atoms. The maximum atomic E-state index is 13.0. The van der Waals surface area contributed by atoms with E-state index < -0.39 is 22.7 Å². The SMILES string of the molecule is O=C(CN1CCN(C(=O)c2cc3ccccc3[nH]2)CC1)Nc1ccc(Cl)c(C(F)(F)F)c1. The lowest BCUT2D eigenvalue weighted by molar-refractivity contribution is -0.137. The fraction of sp³-hybridized carbons (Fsp3) is 0.273. The summed E-state index contributed by atoms with van der Waals surface area (Å²) in [5, 5.41) is 3.01. The molecule has 1 fully saturated rings. The number of fused-ring (bicyclic) bond motifs is 1. The van der Waals surface area contributed by atoms with Crippen LogP contribution in [0.4, 0.5) is 18.9 Å². The predicted octanol–water partition coefficient (Wildman–Crippen LogP) is 4.24. The molecule has 168 valence electrons. The van der Waals surface area contributed by atoms with Gasteiger partial charge < -0.3 is 15.2 Å². The minimum Gasteiger partial charge on any atom is -0.351 e. The molecule has 0 bridgehead atoms. The van der Waals surface area contributed by atoms with Gasteiger partial charge >= 0.3 is 6.18 Å². The number of alkyl halides is 3. The smallest absolute Gasteiger partial charge is 0.351 e. The van der Waals surface area contributed by atoms with Crippen LogP contribution in [0.1, 0.15) is 16.1 Å². The van der Waals surface area contributed by atoms with Crippen molar-refractivity contribution in [3.63, 3.8) is 0 Å². The Bertz CT molecular complexity index is 1120. The molecule has 2 amide bonds. The molecule has 1 aliphatic rings. The van der Waals surface area contributed by atoms with Gasteiger partial charge in [0.2, 0.25) is 5.91 Å². The number of nitrogens with one attached hydrogen (secondary N) is 2. The number of benzene rings is 2. The monoisotopic (exact) mass is 464 g/mol. The van der Waals surface area contributed by atoms with Crippen molar-refractivity contribution in [3.8, 4) is 0 Å². The van der Waals surface area contributed by atoms with Crippen molar-refractivity contribution >= 4 is 40.0 Å². The molecule has 3 aromatic rings. The van der Waals surface area contributed by atoms with E-state index in [9.17, 15) is 22.8 Å². The third kappa shape index (κ3) is 4.89. The van der Waals surface area contributed by atoms with Crippen molar-refractivity contribution in [2.24, 2.45) is 0 Å². The zero-order chi connectivity index (χ0) is 22.9. The molecule has 0 aliphatic carbocycles. The van der Waals surface area contributed by atoms with Gasteiger partial charge in [-0.15, -0.1) is 0 Å². The van der Waals surface area contributed by atoms with Gasteiger partial charge in [-0.05, 0) is 30.3 Å². The first-order chi connectivity index (χ1) is 15.2. The van der Waals surface area contributed by atoms with Crippen LogP contribution in [0.5, 0.6) is 0 Å². The van der Waals surface area contributed by atoms with Crippen molar-refractivity contribution in [1.29, 1.82) is 0 Å². The normalized spacial score (nSPS) is 15.2. The Kier molecular flexibility index (Phi) is 6.12. The zero-order valence-electron chi connectivity index (χ0n) is 16.9. The van der Waals surface area contributed by atoms with Crippen LogP contribution in [-0.2, 0) is 11.0 Å². The molecule has 6 nitrogen and oxygen atoms in total. The molecule has 0 saturated carbocycles. The molecule has 0 unspecified atom stereocenters. The summed E-state index contributed by atoms with van der Waals surface area (Å²) in [4.78, 5) is 31.8. The fourth-order valence-corrected chi connectivity index (χ4v) is 3.92. The summed E-state index contributed by atoms with van der Waals surface area (Å²) in [5.41, 5.74) is 0.433. The Morgan fingerprint density at radius 1 is 1.03 bits per heavy atom. The van der Waals surface area contributed by atoms with Crippen LogP contribution in [0.2, 0.25) is 5.02 Å². The van der Waals surface area contributed by atoms with Crippen LogP contribution in [0, 0.1) is 0 Å². The van der Waals surface area contributed by atoms with Gasteiger partial charge in [-0.2, -0.15) is 13.2 Å². The number of carbonyl (C=O) groups excluding carboxylic acids is 2. The molecule has 1 aromatic heterocycles. The van der Waals surface area contributed by atoms with E-state index in [0.717, 1.165) is 23.0 Å². The summed E-state index contributed by atoms with van der Waals surface area (Å²) in [6.07, 6.45) is -4.61. The lowest BCUT2D eigenvalue weighted by Gasteiger charge is -2.34. The summed E-state index contributed by atoms with van der Waals surface area (Å²) < 4.78 is 39.0. The van der Waals surface area contributed by atoms with Crippen molar-refractivity contribution in [3.05, 3.63) is 64.8 Å². The first-order valence-electron chi connectivity index (χ1n) is 9.97. The highest BCUT2D eigenvalue weighted by Crippen LogP contribution is 2.36. The number of hydrogen-bond donors (Lipinski definition) is 2. The van der Waals surface area contributed by atoms with Crippen molar-refractivity contribution in [2.75, 3.05) is 38.0 Å². The van der Waals surface area contributed by atoms with Gasteiger partial charge in [-0.3, -0.25) is 14.5 Å². The molecule has 4 rings (SSSR count). The van der Waals surface area contributed by atoms with Gasteiger partial charge in [0.05, 0.1) is 17.1 Å². The van der Waals surface area contributed by atoms with E-state index >= 15 is 0 Å². The number of carbonyl (C=O) groups is 2. The van der Waals surface area contributed by atoms with Crippen molar-refractivity contribution in [1.82, 2.24) is 14.8 Å². The number of amides is 2. The predicted molar refractivity (Wildman–Crippen MR) is 116 cm³/mol. The molecule has 1 saturated heterocycles. The summed E-state index contributed by atoms with van der Waals surface area (Å²) in [5.74, 6) is -0.540. The second kappa shape index (κ2) is 8.84. The maximum Gasteiger partial charge on any atom is 0.417 e. The number of anilines is 1. The van der Waals surface area contributed by atoms with E-state index in [1.807, 2.05) is 35.2 Å². The molecule has 0 radical (unpaired) electrons. The molecular weight excluding hydrogens is 445 g/mol. The van der Waals surface area contributed by atoms with Crippen LogP contribution in [0.3, 0.4) is 0 Å². The molecular formula is C22H20ClF3N4O2. The Hall–Kier alpha value is -3.04. The van der Waals surface area contributed by atoms with Gasteiger partial charge in [0.25, 0.3) is 5.91 Å². The highest BCUT2D eigenvalue weighted by atomic mass is 35.5. The minimum absolute atomic E-state index is 0.0123. The second-order valence-electron chi connectivity index (χ2n) is 7.58. The average Bonchev–Trinajstić information content (AvgIpc) is 3.18. The van der Waals surface area contributed by atoms with Crippen LogP contribution < -0.4 is 5.32 Å². The average molecular weight is 465 g/mol. The summed E-state index contributed by atoms with van der Waals surface area (Å²) in [6.45, 7) is 1.86. The fourth-order valence-electron chi connectivity index (χ4n) is 3.69. The molecule has 0 atom stereocenters. The zero-order valence-corrected chi connectivity index (χ0v) is 17.6. The highest BCUT2D eigenvalue weighted by Gasteiger charge is 2.33.